The number of hydrogen-bond acceptors (Lipinski definition) is 5. The van der Waals surface area contributed by atoms with Crippen LogP contribution in [0.2, 0.25) is 0 Å². The van der Waals surface area contributed by atoms with E-state index in [1.54, 1.807) is 6.92 Å². The first-order chi connectivity index (χ1) is 10.6. The highest BCUT2D eigenvalue weighted by atomic mass is 16.6. The predicted octanol–water partition coefficient (Wildman–Crippen LogP) is 2.00. The van der Waals surface area contributed by atoms with Crippen LogP contribution in [0.3, 0.4) is 0 Å². The first kappa shape index (κ1) is 16.5. The van der Waals surface area contributed by atoms with Crippen LogP contribution in [0.4, 0.5) is 0 Å². The third kappa shape index (κ3) is 4.56. The van der Waals surface area contributed by atoms with Crippen LogP contribution in [0.25, 0.3) is 0 Å². The molecule has 0 amide bonds. The van der Waals surface area contributed by atoms with Gasteiger partial charge in [-0.1, -0.05) is 30.3 Å². The first-order valence-electron chi connectivity index (χ1n) is 7.70. The van der Waals surface area contributed by atoms with Crippen LogP contribution in [0.15, 0.2) is 30.3 Å². The Hall–Kier alpha value is -1.88. The fourth-order valence-corrected chi connectivity index (χ4v) is 2.82. The minimum Gasteiger partial charge on any atom is -0.466 e. The summed E-state index contributed by atoms with van der Waals surface area (Å²) in [4.78, 5) is 25.5. The van der Waals surface area contributed by atoms with E-state index in [1.807, 2.05) is 18.2 Å². The lowest BCUT2D eigenvalue weighted by molar-refractivity contribution is -0.165. The first-order valence-corrected chi connectivity index (χ1v) is 7.70. The van der Waals surface area contributed by atoms with E-state index in [2.05, 4.69) is 17.0 Å². The average molecular weight is 305 g/mol. The van der Waals surface area contributed by atoms with E-state index in [0.29, 0.717) is 19.6 Å². The van der Waals surface area contributed by atoms with Crippen molar-refractivity contribution in [2.24, 2.45) is 5.92 Å². The molecule has 5 heteroatoms. The van der Waals surface area contributed by atoms with Crippen LogP contribution in [0.5, 0.6) is 0 Å². The zero-order valence-electron chi connectivity index (χ0n) is 13.2. The Morgan fingerprint density at radius 1 is 1.27 bits per heavy atom. The van der Waals surface area contributed by atoms with Crippen molar-refractivity contribution < 1.29 is 19.1 Å². The molecule has 0 aliphatic carbocycles. The fourth-order valence-electron chi connectivity index (χ4n) is 2.82. The summed E-state index contributed by atoms with van der Waals surface area (Å²) in [7, 11) is 0. The highest BCUT2D eigenvalue weighted by Gasteiger charge is 2.37. The zero-order chi connectivity index (χ0) is 15.9. The molecule has 0 aromatic heterocycles. The molecule has 0 saturated carbocycles. The number of hydrogen-bond donors (Lipinski definition) is 0. The summed E-state index contributed by atoms with van der Waals surface area (Å²) in [5, 5.41) is 0. The predicted molar refractivity (Wildman–Crippen MR) is 82.0 cm³/mol. The summed E-state index contributed by atoms with van der Waals surface area (Å²) in [5.41, 5.74) is 1.21. The minimum atomic E-state index is -0.436. The maximum Gasteiger partial charge on any atom is 0.312 e. The lowest BCUT2D eigenvalue weighted by Gasteiger charge is -2.36. The molecule has 0 bridgehead atoms. The number of ether oxygens (including phenoxy) is 2. The summed E-state index contributed by atoms with van der Waals surface area (Å²) in [6.45, 7) is 5.62. The van der Waals surface area contributed by atoms with Crippen LogP contribution < -0.4 is 0 Å². The van der Waals surface area contributed by atoms with Gasteiger partial charge < -0.3 is 9.47 Å². The number of nitrogens with zero attached hydrogens (tertiary/aromatic N) is 1. The van der Waals surface area contributed by atoms with E-state index in [-0.39, 0.29) is 17.9 Å². The Labute approximate surface area is 131 Å². The molecular weight excluding hydrogens is 282 g/mol. The van der Waals surface area contributed by atoms with Crippen LogP contribution in [-0.4, -0.2) is 42.6 Å². The Morgan fingerprint density at radius 3 is 2.64 bits per heavy atom. The van der Waals surface area contributed by atoms with E-state index in [9.17, 15) is 9.59 Å². The number of piperidine rings is 1. The molecule has 5 nitrogen and oxygen atoms in total. The molecule has 0 spiro atoms. The minimum absolute atomic E-state index is 0.270. The maximum absolute atomic E-state index is 12.0. The highest BCUT2D eigenvalue weighted by Crippen LogP contribution is 2.23. The standard InChI is InChI=1S/C17H23NO4/c1-3-21-17(20)15-9-10-18(12-16(15)22-13(2)19)11-14-7-5-4-6-8-14/h4-8,15-16H,3,9-12H2,1-2H3/t15-,16+/m1/s1. The van der Waals surface area contributed by atoms with Crippen molar-refractivity contribution in [2.45, 2.75) is 32.9 Å². The summed E-state index contributed by atoms with van der Waals surface area (Å²) < 4.78 is 10.5. The molecule has 120 valence electrons. The molecule has 1 aliphatic heterocycles. The molecule has 1 fully saturated rings. The molecule has 1 saturated heterocycles. The lowest BCUT2D eigenvalue weighted by Crippen LogP contribution is -2.48. The van der Waals surface area contributed by atoms with Crippen molar-refractivity contribution in [3.63, 3.8) is 0 Å². The van der Waals surface area contributed by atoms with Crippen LogP contribution in [-0.2, 0) is 25.6 Å². The van der Waals surface area contributed by atoms with Crippen molar-refractivity contribution in [2.75, 3.05) is 19.7 Å². The van der Waals surface area contributed by atoms with Gasteiger partial charge in [0.2, 0.25) is 0 Å². The van der Waals surface area contributed by atoms with Gasteiger partial charge in [0.15, 0.2) is 0 Å². The third-order valence-electron chi connectivity index (χ3n) is 3.80. The van der Waals surface area contributed by atoms with Gasteiger partial charge in [-0.25, -0.2) is 0 Å². The van der Waals surface area contributed by atoms with E-state index in [0.717, 1.165) is 13.1 Å². The summed E-state index contributed by atoms with van der Waals surface area (Å²) in [6.07, 6.45) is 0.206. The molecule has 2 atom stereocenters. The van der Waals surface area contributed by atoms with E-state index < -0.39 is 6.10 Å². The molecule has 22 heavy (non-hydrogen) atoms. The summed E-state index contributed by atoms with van der Waals surface area (Å²) in [5.74, 6) is -0.996. The number of rotatable bonds is 5. The highest BCUT2D eigenvalue weighted by molar-refractivity contribution is 5.74. The second-order valence-corrected chi connectivity index (χ2v) is 5.52. The molecular formula is C17H23NO4. The van der Waals surface area contributed by atoms with Crippen LogP contribution >= 0.6 is 0 Å². The maximum atomic E-state index is 12.0. The van der Waals surface area contributed by atoms with E-state index >= 15 is 0 Å². The second kappa shape index (κ2) is 7.94. The summed E-state index contributed by atoms with van der Waals surface area (Å²) in [6, 6.07) is 10.1. The lowest BCUT2D eigenvalue weighted by atomic mass is 9.93. The quantitative estimate of drug-likeness (QED) is 0.779. The Bertz CT molecular complexity index is 503. The van der Waals surface area contributed by atoms with Gasteiger partial charge in [0.25, 0.3) is 0 Å². The Kier molecular flexibility index (Phi) is 5.95. The van der Waals surface area contributed by atoms with Crippen molar-refractivity contribution in [3.05, 3.63) is 35.9 Å². The topological polar surface area (TPSA) is 55.8 Å². The SMILES string of the molecule is CCOC(=O)[C@@H]1CCN(Cc2ccccc2)C[C@@H]1OC(C)=O. The molecule has 1 aromatic rings. The average Bonchev–Trinajstić information content (AvgIpc) is 2.48. The third-order valence-corrected chi connectivity index (χ3v) is 3.80. The monoisotopic (exact) mass is 305 g/mol. The number of carbonyl (C=O) groups is 2. The number of esters is 2. The Morgan fingerprint density at radius 2 is 2.00 bits per heavy atom. The van der Waals surface area contributed by atoms with Gasteiger partial charge >= 0.3 is 11.9 Å². The van der Waals surface area contributed by atoms with Gasteiger partial charge in [-0.15, -0.1) is 0 Å². The number of carbonyl (C=O) groups excluding carboxylic acids is 2. The van der Waals surface area contributed by atoms with E-state index in [1.165, 1.54) is 12.5 Å². The Balaban J connectivity index is 2.01. The fraction of sp³-hybridized carbons (Fsp3) is 0.529. The van der Waals surface area contributed by atoms with E-state index in [4.69, 9.17) is 9.47 Å². The van der Waals surface area contributed by atoms with Crippen molar-refractivity contribution in [1.29, 1.82) is 0 Å². The van der Waals surface area contributed by atoms with Crippen molar-refractivity contribution >= 4 is 11.9 Å². The van der Waals surface area contributed by atoms with Crippen molar-refractivity contribution in [1.82, 2.24) is 4.90 Å². The van der Waals surface area contributed by atoms with Crippen molar-refractivity contribution in [3.8, 4) is 0 Å². The normalized spacial score (nSPS) is 22.1. The largest absolute Gasteiger partial charge is 0.466 e. The molecule has 0 radical (unpaired) electrons. The number of likely N-dealkylation sites (tertiary alicyclic amines) is 1. The van der Waals surface area contributed by atoms with Gasteiger partial charge in [-0.2, -0.15) is 0 Å². The summed E-state index contributed by atoms with van der Waals surface area (Å²) >= 11 is 0. The van der Waals surface area contributed by atoms with Gasteiger partial charge in [-0.3, -0.25) is 14.5 Å². The van der Waals surface area contributed by atoms with Crippen LogP contribution in [0.1, 0.15) is 25.8 Å². The second-order valence-electron chi connectivity index (χ2n) is 5.52. The smallest absolute Gasteiger partial charge is 0.312 e. The van der Waals surface area contributed by atoms with Gasteiger partial charge in [-0.05, 0) is 25.5 Å². The molecule has 0 unspecified atom stereocenters. The van der Waals surface area contributed by atoms with Crippen LogP contribution in [0, 0.1) is 5.92 Å². The number of benzene rings is 1. The molecule has 0 N–H and O–H groups in total. The van der Waals surface area contributed by atoms with Gasteiger partial charge in [0, 0.05) is 20.0 Å². The molecule has 1 aliphatic rings. The molecule has 1 heterocycles. The van der Waals surface area contributed by atoms with Gasteiger partial charge in [0.1, 0.15) is 6.10 Å². The molecule has 2 rings (SSSR count). The zero-order valence-corrected chi connectivity index (χ0v) is 13.2. The molecule has 1 aromatic carbocycles. The van der Waals surface area contributed by atoms with Gasteiger partial charge in [0.05, 0.1) is 12.5 Å².